The number of hydrogen-bond acceptors (Lipinski definition) is 3. The van der Waals surface area contributed by atoms with Gasteiger partial charge in [-0.25, -0.2) is 0 Å². The van der Waals surface area contributed by atoms with Gasteiger partial charge in [-0.2, -0.15) is 0 Å². The highest BCUT2D eigenvalue weighted by Gasteiger charge is 2.08. The monoisotopic (exact) mass is 286 g/mol. The summed E-state index contributed by atoms with van der Waals surface area (Å²) in [5.41, 5.74) is 0. The second-order valence-corrected chi connectivity index (χ2v) is 5.01. The molecule has 3 heteroatoms. The van der Waals surface area contributed by atoms with Crippen molar-refractivity contribution in [3.05, 3.63) is 60.7 Å². The zero-order chi connectivity index (χ0) is 14.9. The second kappa shape index (κ2) is 8.32. The van der Waals surface area contributed by atoms with Gasteiger partial charge in [0.25, 0.3) is 0 Å². The minimum atomic E-state index is 0.00609. The number of para-hydroxylation sites is 2. The van der Waals surface area contributed by atoms with E-state index in [1.54, 1.807) is 0 Å². The van der Waals surface area contributed by atoms with Crippen LogP contribution < -0.4 is 9.47 Å². The third-order valence-electron chi connectivity index (χ3n) is 2.92. The summed E-state index contributed by atoms with van der Waals surface area (Å²) < 4.78 is 17.2. The van der Waals surface area contributed by atoms with Crippen molar-refractivity contribution in [3.63, 3.8) is 0 Å². The van der Waals surface area contributed by atoms with Crippen LogP contribution in [-0.4, -0.2) is 25.4 Å². The molecular weight excluding hydrogens is 264 g/mol. The first-order chi connectivity index (χ1) is 10.2. The molecule has 2 aromatic carbocycles. The van der Waals surface area contributed by atoms with Crippen LogP contribution in [0.3, 0.4) is 0 Å². The maximum Gasteiger partial charge on any atom is 0.119 e. The van der Waals surface area contributed by atoms with Gasteiger partial charge in [0.05, 0.1) is 12.7 Å². The summed E-state index contributed by atoms with van der Waals surface area (Å²) in [4.78, 5) is 0. The smallest absolute Gasteiger partial charge is 0.119 e. The molecule has 0 bridgehead atoms. The maximum absolute atomic E-state index is 5.76. The Morgan fingerprint density at radius 3 is 1.90 bits per heavy atom. The van der Waals surface area contributed by atoms with Crippen LogP contribution in [0.2, 0.25) is 0 Å². The van der Waals surface area contributed by atoms with Crippen molar-refractivity contribution >= 4 is 0 Å². The second-order valence-electron chi connectivity index (χ2n) is 5.01. The Hall–Kier alpha value is -2.00. The molecule has 2 atom stereocenters. The summed E-state index contributed by atoms with van der Waals surface area (Å²) in [6, 6.07) is 19.5. The van der Waals surface area contributed by atoms with Gasteiger partial charge < -0.3 is 14.2 Å². The van der Waals surface area contributed by atoms with Gasteiger partial charge in [-0.3, -0.25) is 0 Å². The first-order valence-corrected chi connectivity index (χ1v) is 7.25. The first-order valence-electron chi connectivity index (χ1n) is 7.25. The van der Waals surface area contributed by atoms with Gasteiger partial charge in [-0.1, -0.05) is 36.4 Å². The third kappa shape index (κ3) is 5.88. The Balaban J connectivity index is 1.65. The van der Waals surface area contributed by atoms with E-state index >= 15 is 0 Å². The molecule has 0 radical (unpaired) electrons. The first kappa shape index (κ1) is 15.4. The van der Waals surface area contributed by atoms with E-state index in [1.807, 2.05) is 74.5 Å². The Morgan fingerprint density at radius 2 is 1.29 bits per heavy atom. The van der Waals surface area contributed by atoms with Gasteiger partial charge in [0.1, 0.15) is 24.2 Å². The summed E-state index contributed by atoms with van der Waals surface area (Å²) in [7, 11) is 0. The fraction of sp³-hybridized carbons (Fsp3) is 0.333. The SMILES string of the molecule is CC(COc1ccccc1)OCC(C)Oc1ccccc1. The molecule has 0 aromatic heterocycles. The molecule has 2 unspecified atom stereocenters. The lowest BCUT2D eigenvalue weighted by Gasteiger charge is -2.19. The van der Waals surface area contributed by atoms with Crippen LogP contribution in [0.5, 0.6) is 11.5 Å². The zero-order valence-electron chi connectivity index (χ0n) is 12.6. The lowest BCUT2D eigenvalue weighted by molar-refractivity contribution is -0.00604. The Morgan fingerprint density at radius 1 is 0.714 bits per heavy atom. The van der Waals surface area contributed by atoms with Crippen LogP contribution in [0.15, 0.2) is 60.7 Å². The van der Waals surface area contributed by atoms with Crippen molar-refractivity contribution in [3.8, 4) is 11.5 Å². The van der Waals surface area contributed by atoms with Crippen molar-refractivity contribution in [2.45, 2.75) is 26.1 Å². The van der Waals surface area contributed by atoms with Crippen molar-refractivity contribution in [1.82, 2.24) is 0 Å². The quantitative estimate of drug-likeness (QED) is 0.735. The Bertz CT molecular complexity index is 498. The molecule has 0 fully saturated rings. The van der Waals surface area contributed by atoms with E-state index in [1.165, 1.54) is 0 Å². The van der Waals surface area contributed by atoms with E-state index in [-0.39, 0.29) is 12.2 Å². The van der Waals surface area contributed by atoms with E-state index < -0.39 is 0 Å². The van der Waals surface area contributed by atoms with Crippen LogP contribution in [0.1, 0.15) is 13.8 Å². The fourth-order valence-corrected chi connectivity index (χ4v) is 1.84. The molecule has 2 rings (SSSR count). The van der Waals surface area contributed by atoms with Gasteiger partial charge in [-0.05, 0) is 38.1 Å². The number of rotatable bonds is 8. The van der Waals surface area contributed by atoms with Crippen molar-refractivity contribution < 1.29 is 14.2 Å². The zero-order valence-corrected chi connectivity index (χ0v) is 12.6. The van der Waals surface area contributed by atoms with E-state index in [0.29, 0.717) is 13.2 Å². The molecule has 0 heterocycles. The van der Waals surface area contributed by atoms with Crippen molar-refractivity contribution in [2.24, 2.45) is 0 Å². The molecule has 3 nitrogen and oxygen atoms in total. The van der Waals surface area contributed by atoms with Crippen molar-refractivity contribution in [1.29, 1.82) is 0 Å². The van der Waals surface area contributed by atoms with Crippen LogP contribution in [-0.2, 0) is 4.74 Å². The lowest BCUT2D eigenvalue weighted by atomic mass is 10.3. The number of hydrogen-bond donors (Lipinski definition) is 0. The fourth-order valence-electron chi connectivity index (χ4n) is 1.84. The molecule has 0 amide bonds. The topological polar surface area (TPSA) is 27.7 Å². The van der Waals surface area contributed by atoms with Crippen LogP contribution in [0, 0.1) is 0 Å². The van der Waals surface area contributed by atoms with Gasteiger partial charge in [0.2, 0.25) is 0 Å². The minimum absolute atomic E-state index is 0.00609. The molecule has 0 saturated carbocycles. The van der Waals surface area contributed by atoms with E-state index in [2.05, 4.69) is 0 Å². The molecule has 0 aliphatic carbocycles. The molecule has 0 saturated heterocycles. The highest BCUT2D eigenvalue weighted by Crippen LogP contribution is 2.12. The highest BCUT2D eigenvalue weighted by atomic mass is 16.6. The summed E-state index contributed by atoms with van der Waals surface area (Å²) in [5, 5.41) is 0. The van der Waals surface area contributed by atoms with Crippen LogP contribution in [0.25, 0.3) is 0 Å². The minimum Gasteiger partial charge on any atom is -0.491 e. The molecule has 0 N–H and O–H groups in total. The average molecular weight is 286 g/mol. The molecule has 2 aromatic rings. The van der Waals surface area contributed by atoms with Crippen LogP contribution in [0.4, 0.5) is 0 Å². The van der Waals surface area contributed by atoms with Gasteiger partial charge in [0, 0.05) is 0 Å². The van der Waals surface area contributed by atoms with Crippen molar-refractivity contribution in [2.75, 3.05) is 13.2 Å². The third-order valence-corrected chi connectivity index (χ3v) is 2.92. The van der Waals surface area contributed by atoms with Gasteiger partial charge >= 0.3 is 0 Å². The lowest BCUT2D eigenvalue weighted by Crippen LogP contribution is -2.26. The van der Waals surface area contributed by atoms with E-state index in [9.17, 15) is 0 Å². The van der Waals surface area contributed by atoms with E-state index in [0.717, 1.165) is 11.5 Å². The largest absolute Gasteiger partial charge is 0.491 e. The summed E-state index contributed by atoms with van der Waals surface area (Å²) in [6.07, 6.45) is 0.0265. The summed E-state index contributed by atoms with van der Waals surface area (Å²) >= 11 is 0. The van der Waals surface area contributed by atoms with Gasteiger partial charge in [0.15, 0.2) is 0 Å². The predicted octanol–water partition coefficient (Wildman–Crippen LogP) is 3.94. The number of benzene rings is 2. The molecule has 0 aliphatic heterocycles. The summed E-state index contributed by atoms with van der Waals surface area (Å²) in [6.45, 7) is 5.06. The molecule has 0 spiro atoms. The predicted molar refractivity (Wildman–Crippen MR) is 83.9 cm³/mol. The molecule has 21 heavy (non-hydrogen) atoms. The molecule has 112 valence electrons. The normalized spacial score (nSPS) is 13.4. The Labute approximate surface area is 126 Å². The van der Waals surface area contributed by atoms with Gasteiger partial charge in [-0.15, -0.1) is 0 Å². The maximum atomic E-state index is 5.76. The molecule has 0 aliphatic rings. The standard InChI is InChI=1S/C18H22O3/c1-15(13-20-17-9-5-3-6-10-17)19-14-16(2)21-18-11-7-4-8-12-18/h3-12,15-16H,13-14H2,1-2H3. The summed E-state index contributed by atoms with van der Waals surface area (Å²) in [5.74, 6) is 1.73. The highest BCUT2D eigenvalue weighted by molar-refractivity contribution is 5.21. The Kier molecular flexibility index (Phi) is 6.10. The number of ether oxygens (including phenoxy) is 3. The molecular formula is C18H22O3. The van der Waals surface area contributed by atoms with Crippen LogP contribution >= 0.6 is 0 Å². The average Bonchev–Trinajstić information content (AvgIpc) is 2.53. The van der Waals surface area contributed by atoms with E-state index in [4.69, 9.17) is 14.2 Å².